The third-order valence-electron chi connectivity index (χ3n) is 4.92. The minimum absolute atomic E-state index is 0. The Morgan fingerprint density at radius 1 is 1.21 bits per heavy atom. The molecule has 1 aliphatic rings. The molecule has 0 fully saturated rings. The molecule has 0 amide bonds. The molecule has 2 heterocycles. The fraction of sp³-hybridized carbons (Fsp3) is 0.286. The van der Waals surface area contributed by atoms with Gasteiger partial charge in [0.1, 0.15) is 18.1 Å². The second-order valence-corrected chi connectivity index (χ2v) is 7.22. The maximum absolute atomic E-state index is 9.75. The van der Waals surface area contributed by atoms with Crippen molar-refractivity contribution < 1.29 is 9.84 Å². The number of nitrogens with one attached hydrogen (secondary N) is 2. The van der Waals surface area contributed by atoms with Crippen LogP contribution in [-0.4, -0.2) is 27.8 Å². The van der Waals surface area contributed by atoms with Gasteiger partial charge in [-0.15, -0.1) is 12.4 Å². The fourth-order valence-corrected chi connectivity index (χ4v) is 3.91. The summed E-state index contributed by atoms with van der Waals surface area (Å²) in [7, 11) is 0. The Balaban J connectivity index is 0.00000225. The molecule has 0 saturated carbocycles. The van der Waals surface area contributed by atoms with Gasteiger partial charge in [0.25, 0.3) is 0 Å². The van der Waals surface area contributed by atoms with E-state index in [0.717, 1.165) is 42.9 Å². The number of phenols is 1. The van der Waals surface area contributed by atoms with Gasteiger partial charge in [-0.3, -0.25) is 0 Å². The largest absolute Gasteiger partial charge is 0.508 e. The van der Waals surface area contributed by atoms with Crippen molar-refractivity contribution in [2.24, 2.45) is 0 Å². The van der Waals surface area contributed by atoms with Crippen LogP contribution in [-0.2, 0) is 19.4 Å². The normalized spacial score (nSPS) is 15.4. The predicted octanol–water partition coefficient (Wildman–Crippen LogP) is 4.18. The van der Waals surface area contributed by atoms with Crippen LogP contribution in [0.3, 0.4) is 0 Å². The van der Waals surface area contributed by atoms with Gasteiger partial charge in [0.2, 0.25) is 0 Å². The van der Waals surface area contributed by atoms with E-state index in [1.54, 1.807) is 12.1 Å². The standard InChI is InChI=1S/C21H23N3O2S.ClH/c25-19-6-7-20-16(11-19)10-18(14-26-20)24-17(13-23-21(24)27)8-9-22-12-15-4-2-1-3-5-15;/h1-7,11,13,18,22,25H,8-10,12,14H2,(H,23,27);1H/t18-;/m1./s1. The number of nitrogens with zero attached hydrogens (tertiary/aromatic N) is 1. The minimum atomic E-state index is 0. The summed E-state index contributed by atoms with van der Waals surface area (Å²) < 4.78 is 8.77. The van der Waals surface area contributed by atoms with Crippen LogP contribution in [0.4, 0.5) is 0 Å². The number of phenolic OH excluding ortho intramolecular Hbond substituents is 1. The van der Waals surface area contributed by atoms with Gasteiger partial charge >= 0.3 is 0 Å². The van der Waals surface area contributed by atoms with Crippen molar-refractivity contribution in [3.8, 4) is 11.5 Å². The summed E-state index contributed by atoms with van der Waals surface area (Å²) in [6.45, 7) is 2.30. The lowest BCUT2D eigenvalue weighted by Crippen LogP contribution is -2.27. The predicted molar refractivity (Wildman–Crippen MR) is 115 cm³/mol. The lowest BCUT2D eigenvalue weighted by molar-refractivity contribution is 0.220. The Morgan fingerprint density at radius 2 is 2.04 bits per heavy atom. The van der Waals surface area contributed by atoms with E-state index in [-0.39, 0.29) is 24.2 Å². The van der Waals surface area contributed by atoms with Crippen LogP contribution >= 0.6 is 24.6 Å². The Kier molecular flexibility index (Phi) is 6.78. The van der Waals surface area contributed by atoms with E-state index >= 15 is 0 Å². The van der Waals surface area contributed by atoms with Crippen molar-refractivity contribution in [3.05, 3.63) is 76.3 Å². The molecule has 1 aliphatic heterocycles. The van der Waals surface area contributed by atoms with Crippen molar-refractivity contribution in [3.63, 3.8) is 0 Å². The first-order valence-electron chi connectivity index (χ1n) is 9.19. The highest BCUT2D eigenvalue weighted by molar-refractivity contribution is 7.71. The Bertz CT molecular complexity index is 971. The number of H-pyrrole nitrogens is 1. The van der Waals surface area contributed by atoms with Crippen LogP contribution < -0.4 is 10.1 Å². The third-order valence-corrected chi connectivity index (χ3v) is 5.23. The smallest absolute Gasteiger partial charge is 0.177 e. The number of imidazole rings is 1. The lowest BCUT2D eigenvalue weighted by Gasteiger charge is -2.27. The van der Waals surface area contributed by atoms with Crippen LogP contribution in [0.25, 0.3) is 0 Å². The summed E-state index contributed by atoms with van der Waals surface area (Å²) in [5.41, 5.74) is 3.46. The van der Waals surface area contributed by atoms with Crippen molar-refractivity contribution in [1.29, 1.82) is 0 Å². The summed E-state index contributed by atoms with van der Waals surface area (Å²) in [5, 5.41) is 13.2. The zero-order chi connectivity index (χ0) is 18.6. The molecule has 0 saturated heterocycles. The summed E-state index contributed by atoms with van der Waals surface area (Å²) >= 11 is 5.52. The van der Waals surface area contributed by atoms with Crippen LogP contribution in [0.2, 0.25) is 0 Å². The molecule has 2 aromatic carbocycles. The number of aromatic nitrogens is 2. The van der Waals surface area contributed by atoms with Gasteiger partial charge in [-0.2, -0.15) is 0 Å². The molecule has 4 rings (SSSR count). The van der Waals surface area contributed by atoms with Crippen LogP contribution in [0.5, 0.6) is 11.5 Å². The number of aromatic hydroxyl groups is 1. The molecule has 148 valence electrons. The number of rotatable bonds is 6. The van der Waals surface area contributed by atoms with E-state index in [1.807, 2.05) is 18.3 Å². The molecule has 0 radical (unpaired) electrons. The zero-order valence-electron chi connectivity index (χ0n) is 15.4. The van der Waals surface area contributed by atoms with Crippen LogP contribution in [0.1, 0.15) is 22.9 Å². The second-order valence-electron chi connectivity index (χ2n) is 6.83. The van der Waals surface area contributed by atoms with E-state index in [9.17, 15) is 5.11 Å². The molecule has 5 nitrogen and oxygen atoms in total. The number of hydrogen-bond acceptors (Lipinski definition) is 4. The van der Waals surface area contributed by atoms with Gasteiger partial charge in [-0.05, 0) is 41.5 Å². The molecule has 1 aromatic heterocycles. The van der Waals surface area contributed by atoms with Crippen LogP contribution in [0, 0.1) is 4.77 Å². The van der Waals surface area contributed by atoms with Crippen LogP contribution in [0.15, 0.2) is 54.7 Å². The molecular formula is C21H24ClN3O2S. The Labute approximate surface area is 175 Å². The fourth-order valence-electron chi connectivity index (χ4n) is 3.58. The number of aromatic amines is 1. The van der Waals surface area contributed by atoms with Gasteiger partial charge in [0.15, 0.2) is 4.77 Å². The van der Waals surface area contributed by atoms with Gasteiger partial charge in [0.05, 0.1) is 6.04 Å². The Morgan fingerprint density at radius 3 is 2.86 bits per heavy atom. The highest BCUT2D eigenvalue weighted by Crippen LogP contribution is 2.32. The van der Waals surface area contributed by atoms with Crippen molar-refractivity contribution in [2.45, 2.75) is 25.4 Å². The zero-order valence-corrected chi connectivity index (χ0v) is 17.1. The molecule has 0 unspecified atom stereocenters. The first-order valence-corrected chi connectivity index (χ1v) is 9.59. The number of ether oxygens (including phenoxy) is 1. The van der Waals surface area contributed by atoms with E-state index < -0.39 is 0 Å². The minimum Gasteiger partial charge on any atom is -0.508 e. The summed E-state index contributed by atoms with van der Waals surface area (Å²) in [6.07, 6.45) is 3.66. The molecule has 7 heteroatoms. The number of fused-ring (bicyclic) bond motifs is 1. The summed E-state index contributed by atoms with van der Waals surface area (Å²) in [6, 6.07) is 15.8. The molecule has 3 N–H and O–H groups in total. The van der Waals surface area contributed by atoms with E-state index in [2.05, 4.69) is 39.1 Å². The molecular weight excluding hydrogens is 394 g/mol. The molecule has 28 heavy (non-hydrogen) atoms. The average Bonchev–Trinajstić information content (AvgIpc) is 3.06. The first kappa shape index (κ1) is 20.5. The first-order chi connectivity index (χ1) is 13.2. The highest BCUT2D eigenvalue weighted by Gasteiger charge is 2.24. The molecule has 1 atom stereocenters. The number of benzene rings is 2. The van der Waals surface area contributed by atoms with Crippen molar-refractivity contribution in [1.82, 2.24) is 14.9 Å². The summed E-state index contributed by atoms with van der Waals surface area (Å²) in [5.74, 6) is 1.11. The maximum Gasteiger partial charge on any atom is 0.177 e. The van der Waals surface area contributed by atoms with Gasteiger partial charge in [-0.25, -0.2) is 0 Å². The maximum atomic E-state index is 9.75. The average molecular weight is 418 g/mol. The van der Waals surface area contributed by atoms with Gasteiger partial charge < -0.3 is 24.7 Å². The summed E-state index contributed by atoms with van der Waals surface area (Å²) in [4.78, 5) is 3.17. The van der Waals surface area contributed by atoms with E-state index in [0.29, 0.717) is 11.4 Å². The van der Waals surface area contributed by atoms with E-state index in [4.69, 9.17) is 17.0 Å². The Hall–Kier alpha value is -2.28. The highest BCUT2D eigenvalue weighted by atomic mass is 35.5. The van der Waals surface area contributed by atoms with Crippen molar-refractivity contribution in [2.75, 3.05) is 13.2 Å². The molecule has 0 bridgehead atoms. The van der Waals surface area contributed by atoms with E-state index in [1.165, 1.54) is 5.56 Å². The SMILES string of the molecule is Cl.Oc1ccc2c(c1)C[C@@H](n1c(CCNCc3ccccc3)c[nH]c1=S)CO2. The van der Waals surface area contributed by atoms with Gasteiger partial charge in [0, 0.05) is 37.8 Å². The van der Waals surface area contributed by atoms with Crippen molar-refractivity contribution >= 4 is 24.6 Å². The monoisotopic (exact) mass is 417 g/mol. The molecule has 3 aromatic rings. The van der Waals surface area contributed by atoms with Gasteiger partial charge in [-0.1, -0.05) is 30.3 Å². The number of hydrogen-bond donors (Lipinski definition) is 3. The lowest BCUT2D eigenvalue weighted by atomic mass is 10.0. The number of halogens is 1. The second kappa shape index (κ2) is 9.28. The quantitative estimate of drug-likeness (QED) is 0.416. The molecule has 0 spiro atoms. The molecule has 0 aliphatic carbocycles. The topological polar surface area (TPSA) is 62.2 Å². The third kappa shape index (κ3) is 4.58.